The van der Waals surface area contributed by atoms with Gasteiger partial charge in [-0.05, 0) is 49.2 Å². The van der Waals surface area contributed by atoms with Gasteiger partial charge in [0.1, 0.15) is 5.75 Å². The third kappa shape index (κ3) is 4.87. The van der Waals surface area contributed by atoms with Gasteiger partial charge in [0, 0.05) is 18.1 Å². The number of nitrogens with one attached hydrogen (secondary N) is 1. The highest BCUT2D eigenvalue weighted by molar-refractivity contribution is 6.30. The van der Waals surface area contributed by atoms with Gasteiger partial charge in [-0.15, -0.1) is 0 Å². The molecule has 0 amide bonds. The Balaban J connectivity index is 1.80. The minimum Gasteiger partial charge on any atom is -0.491 e. The number of rotatable bonds is 6. The van der Waals surface area contributed by atoms with Crippen LogP contribution in [0.1, 0.15) is 25.0 Å². The van der Waals surface area contributed by atoms with Crippen LogP contribution in [0.2, 0.25) is 5.02 Å². The van der Waals surface area contributed by atoms with Gasteiger partial charge >= 0.3 is 0 Å². The summed E-state index contributed by atoms with van der Waals surface area (Å²) in [6.07, 6.45) is 0.212. The topological polar surface area (TPSA) is 21.3 Å². The van der Waals surface area contributed by atoms with E-state index in [1.54, 1.807) is 0 Å². The third-order valence-electron chi connectivity index (χ3n) is 2.87. The summed E-state index contributed by atoms with van der Waals surface area (Å²) in [6.45, 7) is 5.73. The average molecular weight is 290 g/mol. The van der Waals surface area contributed by atoms with E-state index in [9.17, 15) is 0 Å². The molecule has 20 heavy (non-hydrogen) atoms. The smallest absolute Gasteiger partial charge is 0.119 e. The predicted molar refractivity (Wildman–Crippen MR) is 84.2 cm³/mol. The van der Waals surface area contributed by atoms with Crippen LogP contribution in [0.4, 0.5) is 0 Å². The number of ether oxygens (including phenoxy) is 1. The molecule has 0 saturated carbocycles. The van der Waals surface area contributed by atoms with E-state index in [-0.39, 0.29) is 6.10 Å². The highest BCUT2D eigenvalue weighted by Crippen LogP contribution is 2.14. The summed E-state index contributed by atoms with van der Waals surface area (Å²) >= 11 is 5.86. The van der Waals surface area contributed by atoms with Crippen molar-refractivity contribution >= 4 is 11.6 Å². The first-order chi connectivity index (χ1) is 9.63. The van der Waals surface area contributed by atoms with Gasteiger partial charge in [0.15, 0.2) is 0 Å². The average Bonchev–Trinajstić information content (AvgIpc) is 2.42. The molecule has 0 aromatic heterocycles. The molecule has 0 unspecified atom stereocenters. The largest absolute Gasteiger partial charge is 0.491 e. The summed E-state index contributed by atoms with van der Waals surface area (Å²) in [5.74, 6) is 0.918. The predicted octanol–water partition coefficient (Wildman–Crippen LogP) is 4.42. The van der Waals surface area contributed by atoms with E-state index in [4.69, 9.17) is 16.3 Å². The van der Waals surface area contributed by atoms with Gasteiger partial charge in [0.05, 0.1) is 6.10 Å². The number of halogens is 1. The van der Waals surface area contributed by atoms with Crippen molar-refractivity contribution in [1.29, 1.82) is 0 Å². The van der Waals surface area contributed by atoms with Crippen molar-refractivity contribution in [1.82, 2.24) is 5.32 Å². The summed E-state index contributed by atoms with van der Waals surface area (Å²) in [4.78, 5) is 0. The maximum absolute atomic E-state index is 5.86. The highest BCUT2D eigenvalue weighted by Gasteiger charge is 1.98. The maximum atomic E-state index is 5.86. The monoisotopic (exact) mass is 289 g/mol. The molecule has 3 heteroatoms. The normalized spacial score (nSPS) is 10.8. The molecular weight excluding hydrogens is 270 g/mol. The summed E-state index contributed by atoms with van der Waals surface area (Å²) < 4.78 is 5.62. The van der Waals surface area contributed by atoms with Crippen LogP contribution in [-0.4, -0.2) is 6.10 Å². The molecule has 2 aromatic rings. The van der Waals surface area contributed by atoms with E-state index in [1.807, 2.05) is 50.2 Å². The molecule has 0 saturated heterocycles. The summed E-state index contributed by atoms with van der Waals surface area (Å²) in [6, 6.07) is 16.1. The molecular formula is C17H20ClNO. The van der Waals surface area contributed by atoms with Crippen LogP contribution < -0.4 is 10.1 Å². The Morgan fingerprint density at radius 1 is 0.900 bits per heavy atom. The molecule has 0 fully saturated rings. The molecule has 1 N–H and O–H groups in total. The Bertz CT molecular complexity index is 520. The van der Waals surface area contributed by atoms with Crippen LogP contribution in [0.25, 0.3) is 0 Å². The number of hydrogen-bond donors (Lipinski definition) is 1. The molecule has 0 aliphatic carbocycles. The van der Waals surface area contributed by atoms with Crippen LogP contribution in [0, 0.1) is 0 Å². The van der Waals surface area contributed by atoms with Crippen molar-refractivity contribution in [3.63, 3.8) is 0 Å². The van der Waals surface area contributed by atoms with Gasteiger partial charge in [-0.1, -0.05) is 35.9 Å². The first-order valence-corrected chi connectivity index (χ1v) is 7.22. The van der Waals surface area contributed by atoms with Crippen LogP contribution in [0.5, 0.6) is 5.75 Å². The zero-order valence-electron chi connectivity index (χ0n) is 11.9. The van der Waals surface area contributed by atoms with E-state index in [0.717, 1.165) is 23.9 Å². The lowest BCUT2D eigenvalue weighted by Gasteiger charge is -2.10. The minimum absolute atomic E-state index is 0.212. The molecule has 0 spiro atoms. The number of hydrogen-bond acceptors (Lipinski definition) is 2. The lowest BCUT2D eigenvalue weighted by molar-refractivity contribution is 0.242. The Morgan fingerprint density at radius 3 is 1.90 bits per heavy atom. The molecule has 2 nitrogen and oxygen atoms in total. The molecule has 106 valence electrons. The first kappa shape index (κ1) is 14.9. The molecule has 0 radical (unpaired) electrons. The summed E-state index contributed by atoms with van der Waals surface area (Å²) in [5.41, 5.74) is 2.48. The quantitative estimate of drug-likeness (QED) is 0.850. The van der Waals surface area contributed by atoms with Gasteiger partial charge < -0.3 is 10.1 Å². The van der Waals surface area contributed by atoms with Gasteiger partial charge in [-0.2, -0.15) is 0 Å². The van der Waals surface area contributed by atoms with Crippen LogP contribution in [0.3, 0.4) is 0 Å². The summed E-state index contributed by atoms with van der Waals surface area (Å²) in [5, 5.41) is 4.19. The van der Waals surface area contributed by atoms with Crippen molar-refractivity contribution in [3.8, 4) is 5.75 Å². The van der Waals surface area contributed by atoms with Crippen LogP contribution in [0.15, 0.2) is 48.5 Å². The van der Waals surface area contributed by atoms with E-state index in [2.05, 4.69) is 17.4 Å². The van der Waals surface area contributed by atoms with E-state index in [0.29, 0.717) is 0 Å². The second-order valence-corrected chi connectivity index (χ2v) is 5.48. The Labute approximate surface area is 125 Å². The fourth-order valence-corrected chi connectivity index (χ4v) is 2.04. The van der Waals surface area contributed by atoms with Gasteiger partial charge in [-0.25, -0.2) is 0 Å². The fraction of sp³-hybridized carbons (Fsp3) is 0.294. The van der Waals surface area contributed by atoms with E-state index < -0.39 is 0 Å². The zero-order chi connectivity index (χ0) is 14.4. The van der Waals surface area contributed by atoms with Gasteiger partial charge in [-0.3, -0.25) is 0 Å². The SMILES string of the molecule is CC(C)Oc1ccc(CNCc2ccc(Cl)cc2)cc1. The lowest BCUT2D eigenvalue weighted by atomic mass is 10.2. The van der Waals surface area contributed by atoms with Crippen molar-refractivity contribution < 1.29 is 4.74 Å². The maximum Gasteiger partial charge on any atom is 0.119 e. The second kappa shape index (κ2) is 7.32. The Kier molecular flexibility index (Phi) is 5.45. The van der Waals surface area contributed by atoms with Gasteiger partial charge in [0.25, 0.3) is 0 Å². The lowest BCUT2D eigenvalue weighted by Crippen LogP contribution is -2.12. The van der Waals surface area contributed by atoms with E-state index in [1.165, 1.54) is 11.1 Å². The molecule has 2 rings (SSSR count). The van der Waals surface area contributed by atoms with E-state index >= 15 is 0 Å². The second-order valence-electron chi connectivity index (χ2n) is 5.04. The van der Waals surface area contributed by atoms with Crippen molar-refractivity contribution in [3.05, 3.63) is 64.7 Å². The first-order valence-electron chi connectivity index (χ1n) is 6.84. The molecule has 0 bridgehead atoms. The number of benzene rings is 2. The van der Waals surface area contributed by atoms with Crippen molar-refractivity contribution in [2.24, 2.45) is 0 Å². The van der Waals surface area contributed by atoms with Crippen LogP contribution >= 0.6 is 11.6 Å². The third-order valence-corrected chi connectivity index (χ3v) is 3.12. The molecule has 0 aliphatic rings. The van der Waals surface area contributed by atoms with Crippen molar-refractivity contribution in [2.75, 3.05) is 0 Å². The molecule has 2 aromatic carbocycles. The Morgan fingerprint density at radius 2 is 1.40 bits per heavy atom. The fourth-order valence-electron chi connectivity index (χ4n) is 1.91. The molecule has 0 atom stereocenters. The molecule has 0 heterocycles. The zero-order valence-corrected chi connectivity index (χ0v) is 12.7. The molecule has 0 aliphatic heterocycles. The summed E-state index contributed by atoms with van der Waals surface area (Å²) in [7, 11) is 0. The van der Waals surface area contributed by atoms with Gasteiger partial charge in [0.2, 0.25) is 0 Å². The van der Waals surface area contributed by atoms with Crippen molar-refractivity contribution in [2.45, 2.75) is 33.0 Å². The minimum atomic E-state index is 0.212. The highest BCUT2D eigenvalue weighted by atomic mass is 35.5. The van der Waals surface area contributed by atoms with Crippen LogP contribution in [-0.2, 0) is 13.1 Å². The standard InChI is InChI=1S/C17H20ClNO/c1-13(2)20-17-9-5-15(6-10-17)12-19-11-14-3-7-16(18)8-4-14/h3-10,13,19H,11-12H2,1-2H3. The Hall–Kier alpha value is -1.51.